The molecule has 3 atom stereocenters. The molecule has 2 aromatic heterocycles. The van der Waals surface area contributed by atoms with E-state index >= 15 is 0 Å². The topological polar surface area (TPSA) is 99.1 Å². The van der Waals surface area contributed by atoms with Gasteiger partial charge in [-0.05, 0) is 6.92 Å². The summed E-state index contributed by atoms with van der Waals surface area (Å²) in [6.07, 6.45) is 2.56. The van der Waals surface area contributed by atoms with E-state index in [1.807, 2.05) is 6.92 Å². The van der Waals surface area contributed by atoms with Gasteiger partial charge in [0.25, 0.3) is 0 Å². The molecule has 3 heterocycles. The lowest BCUT2D eigenvalue weighted by molar-refractivity contribution is -0.0297. The number of aliphatic hydroxyl groups is 1. The van der Waals surface area contributed by atoms with Crippen molar-refractivity contribution in [2.24, 2.45) is 0 Å². The Morgan fingerprint density at radius 1 is 1.47 bits per heavy atom. The van der Waals surface area contributed by atoms with Crippen molar-refractivity contribution in [3.63, 3.8) is 0 Å². The molecule has 3 N–H and O–H groups in total. The lowest BCUT2D eigenvalue weighted by atomic mass is 10.2. The van der Waals surface area contributed by atoms with E-state index in [2.05, 4.69) is 15.0 Å². The van der Waals surface area contributed by atoms with Gasteiger partial charge in [0, 0.05) is 6.42 Å². The Hall–Kier alpha value is -1.73. The fourth-order valence-electron chi connectivity index (χ4n) is 2.15. The molecule has 0 radical (unpaired) electrons. The van der Waals surface area contributed by atoms with Crippen LogP contribution in [0, 0.1) is 0 Å². The van der Waals surface area contributed by atoms with Gasteiger partial charge in [-0.1, -0.05) is 0 Å². The second-order valence-corrected chi connectivity index (χ2v) is 4.22. The molecule has 0 aliphatic carbocycles. The monoisotopic (exact) mass is 235 g/mol. The van der Waals surface area contributed by atoms with Gasteiger partial charge in [0.1, 0.15) is 17.9 Å². The van der Waals surface area contributed by atoms with Crippen molar-refractivity contribution in [2.75, 3.05) is 5.73 Å². The van der Waals surface area contributed by atoms with Gasteiger partial charge in [-0.2, -0.15) is 0 Å². The number of aliphatic hydroxyl groups excluding tert-OH is 1. The number of fused-ring (bicyclic) bond motifs is 1. The molecule has 1 aliphatic heterocycles. The summed E-state index contributed by atoms with van der Waals surface area (Å²) < 4.78 is 7.33. The minimum Gasteiger partial charge on any atom is -0.388 e. The summed E-state index contributed by atoms with van der Waals surface area (Å²) in [6.45, 7) is 1.92. The molecule has 1 aliphatic rings. The number of nitrogen functional groups attached to an aromatic ring is 1. The molecule has 0 spiro atoms. The standard InChI is InChI=1S/C10H13N5O2/c1-5-2-6(16)10(17-5)15-4-14-7-8(11)12-3-13-9(7)15/h3-6,10,16H,2H2,1H3,(H2,11,12,13)/t5-,6+,10-/m1/s1. The molecule has 7 nitrogen and oxygen atoms in total. The lowest BCUT2D eigenvalue weighted by Gasteiger charge is -2.15. The van der Waals surface area contributed by atoms with Crippen molar-refractivity contribution in [2.45, 2.75) is 31.8 Å². The first-order chi connectivity index (χ1) is 8.16. The molecule has 0 saturated carbocycles. The third-order valence-corrected chi connectivity index (χ3v) is 2.94. The van der Waals surface area contributed by atoms with Crippen LogP contribution in [0.2, 0.25) is 0 Å². The second kappa shape index (κ2) is 3.64. The maximum Gasteiger partial charge on any atom is 0.167 e. The van der Waals surface area contributed by atoms with E-state index in [1.165, 1.54) is 6.33 Å². The van der Waals surface area contributed by atoms with Crippen molar-refractivity contribution < 1.29 is 9.84 Å². The number of hydrogen-bond donors (Lipinski definition) is 2. The summed E-state index contributed by atoms with van der Waals surface area (Å²) in [4.78, 5) is 12.1. The van der Waals surface area contributed by atoms with Gasteiger partial charge in [-0.3, -0.25) is 4.57 Å². The van der Waals surface area contributed by atoms with Crippen LogP contribution >= 0.6 is 0 Å². The predicted molar refractivity (Wildman–Crippen MR) is 59.9 cm³/mol. The van der Waals surface area contributed by atoms with E-state index < -0.39 is 12.3 Å². The van der Waals surface area contributed by atoms with Crippen LogP contribution in [0.4, 0.5) is 5.82 Å². The van der Waals surface area contributed by atoms with Crippen LogP contribution < -0.4 is 5.73 Å². The largest absolute Gasteiger partial charge is 0.388 e. The Bertz CT molecular complexity index is 555. The van der Waals surface area contributed by atoms with Gasteiger partial charge in [-0.15, -0.1) is 0 Å². The summed E-state index contributed by atoms with van der Waals surface area (Å²) in [6, 6.07) is 0. The Labute approximate surface area is 97.3 Å². The highest BCUT2D eigenvalue weighted by Gasteiger charge is 2.33. The Morgan fingerprint density at radius 2 is 2.29 bits per heavy atom. The van der Waals surface area contributed by atoms with Crippen LogP contribution in [0.25, 0.3) is 11.2 Å². The number of nitrogens with two attached hydrogens (primary N) is 1. The molecule has 1 saturated heterocycles. The van der Waals surface area contributed by atoms with E-state index in [0.717, 1.165) is 0 Å². The first kappa shape index (κ1) is 10.4. The summed E-state index contributed by atoms with van der Waals surface area (Å²) in [5.41, 5.74) is 6.81. The van der Waals surface area contributed by atoms with Crippen LogP contribution in [-0.4, -0.2) is 36.8 Å². The number of nitrogens with zero attached hydrogens (tertiary/aromatic N) is 4. The van der Waals surface area contributed by atoms with Gasteiger partial charge in [0.05, 0.1) is 12.4 Å². The Balaban J connectivity index is 2.09. The van der Waals surface area contributed by atoms with Crippen molar-refractivity contribution >= 4 is 17.0 Å². The molecule has 2 aromatic rings. The Kier molecular flexibility index (Phi) is 2.23. The predicted octanol–water partition coefficient (Wildman–Crippen LogP) is 0.0768. The highest BCUT2D eigenvalue weighted by atomic mass is 16.5. The number of imidazole rings is 1. The number of anilines is 1. The average molecular weight is 235 g/mol. The van der Waals surface area contributed by atoms with Crippen molar-refractivity contribution in [1.82, 2.24) is 19.5 Å². The van der Waals surface area contributed by atoms with Gasteiger partial charge in [0.2, 0.25) is 0 Å². The number of aromatic nitrogens is 4. The molecule has 0 amide bonds. The van der Waals surface area contributed by atoms with Gasteiger partial charge in [-0.25, -0.2) is 15.0 Å². The minimum absolute atomic E-state index is 0.0200. The zero-order valence-electron chi connectivity index (χ0n) is 9.32. The van der Waals surface area contributed by atoms with Gasteiger partial charge < -0.3 is 15.6 Å². The third kappa shape index (κ3) is 1.55. The van der Waals surface area contributed by atoms with Crippen molar-refractivity contribution in [1.29, 1.82) is 0 Å². The van der Waals surface area contributed by atoms with E-state index in [-0.39, 0.29) is 6.10 Å². The van der Waals surface area contributed by atoms with Crippen LogP contribution in [0.15, 0.2) is 12.7 Å². The third-order valence-electron chi connectivity index (χ3n) is 2.94. The van der Waals surface area contributed by atoms with Crippen LogP contribution in [-0.2, 0) is 4.74 Å². The molecule has 0 unspecified atom stereocenters. The smallest absolute Gasteiger partial charge is 0.167 e. The van der Waals surface area contributed by atoms with E-state index in [9.17, 15) is 5.11 Å². The quantitative estimate of drug-likeness (QED) is 0.726. The number of rotatable bonds is 1. The lowest BCUT2D eigenvalue weighted by Crippen LogP contribution is -2.19. The first-order valence-electron chi connectivity index (χ1n) is 5.43. The summed E-state index contributed by atoms with van der Waals surface area (Å²) in [7, 11) is 0. The Morgan fingerprint density at radius 3 is 3.00 bits per heavy atom. The molecular weight excluding hydrogens is 222 g/mol. The number of ether oxygens (including phenoxy) is 1. The molecule has 90 valence electrons. The highest BCUT2D eigenvalue weighted by Crippen LogP contribution is 2.30. The first-order valence-corrected chi connectivity index (χ1v) is 5.43. The molecular formula is C10H13N5O2. The fraction of sp³-hybridized carbons (Fsp3) is 0.500. The SMILES string of the molecule is C[C@@H]1C[C@H](O)[C@H](n2cnc3c(N)ncnc32)O1. The summed E-state index contributed by atoms with van der Waals surface area (Å²) in [5.74, 6) is 0.328. The van der Waals surface area contributed by atoms with E-state index in [0.29, 0.717) is 23.4 Å². The zero-order valence-corrected chi connectivity index (χ0v) is 9.32. The van der Waals surface area contributed by atoms with Crippen molar-refractivity contribution in [3.8, 4) is 0 Å². The summed E-state index contributed by atoms with van der Waals surface area (Å²) >= 11 is 0. The molecule has 7 heteroatoms. The summed E-state index contributed by atoms with van der Waals surface area (Å²) in [5, 5.41) is 9.91. The minimum atomic E-state index is -0.557. The molecule has 0 bridgehead atoms. The average Bonchev–Trinajstić information content (AvgIpc) is 2.83. The maximum atomic E-state index is 9.91. The molecule has 3 rings (SSSR count). The zero-order chi connectivity index (χ0) is 12.0. The van der Waals surface area contributed by atoms with E-state index in [1.54, 1.807) is 10.9 Å². The van der Waals surface area contributed by atoms with Crippen molar-refractivity contribution in [3.05, 3.63) is 12.7 Å². The fourth-order valence-corrected chi connectivity index (χ4v) is 2.15. The maximum absolute atomic E-state index is 9.91. The molecule has 17 heavy (non-hydrogen) atoms. The van der Waals surface area contributed by atoms with E-state index in [4.69, 9.17) is 10.5 Å². The van der Waals surface area contributed by atoms with Crippen LogP contribution in [0.3, 0.4) is 0 Å². The van der Waals surface area contributed by atoms with Crippen LogP contribution in [0.1, 0.15) is 19.6 Å². The van der Waals surface area contributed by atoms with Gasteiger partial charge >= 0.3 is 0 Å². The van der Waals surface area contributed by atoms with Crippen LogP contribution in [0.5, 0.6) is 0 Å². The second-order valence-electron chi connectivity index (χ2n) is 4.22. The highest BCUT2D eigenvalue weighted by molar-refractivity contribution is 5.81. The normalized spacial score (nSPS) is 28.9. The van der Waals surface area contributed by atoms with Gasteiger partial charge in [0.15, 0.2) is 17.7 Å². The molecule has 1 fully saturated rings. The molecule has 0 aromatic carbocycles. The number of hydrogen-bond acceptors (Lipinski definition) is 6.